The first kappa shape index (κ1) is 20.8. The maximum atomic E-state index is 13.8. The first-order valence-corrected chi connectivity index (χ1v) is 10.4. The summed E-state index contributed by atoms with van der Waals surface area (Å²) in [6.07, 6.45) is 0. The predicted octanol–water partition coefficient (Wildman–Crippen LogP) is 4.82. The summed E-state index contributed by atoms with van der Waals surface area (Å²) in [7, 11) is 0. The molecule has 0 bridgehead atoms. The number of hydrogen-bond donors (Lipinski definition) is 3. The molecule has 2 amide bonds. The number of benzene rings is 2. The number of nitrogens with zero attached hydrogens (tertiary/aromatic N) is 1. The lowest BCUT2D eigenvalue weighted by molar-refractivity contribution is 0.102. The number of amides is 2. The Morgan fingerprint density at radius 2 is 1.84 bits per heavy atom. The van der Waals surface area contributed by atoms with E-state index in [4.69, 9.17) is 21.7 Å². The van der Waals surface area contributed by atoms with Gasteiger partial charge in [0.1, 0.15) is 12.4 Å². The van der Waals surface area contributed by atoms with Crippen molar-refractivity contribution in [3.8, 4) is 0 Å². The molecule has 1 aromatic heterocycles. The Hall–Kier alpha value is -3.43. The van der Waals surface area contributed by atoms with Crippen LogP contribution in [0.2, 0.25) is 4.34 Å². The van der Waals surface area contributed by atoms with Gasteiger partial charge in [0.05, 0.1) is 27.0 Å². The zero-order valence-electron chi connectivity index (χ0n) is 15.9. The molecule has 0 spiro atoms. The van der Waals surface area contributed by atoms with Crippen LogP contribution in [0.1, 0.15) is 20.0 Å². The zero-order valence-corrected chi connectivity index (χ0v) is 17.5. The molecule has 4 rings (SSSR count). The maximum absolute atomic E-state index is 13.8. The average molecular weight is 459 g/mol. The van der Waals surface area contributed by atoms with Crippen LogP contribution in [0.3, 0.4) is 0 Å². The standard InChI is InChI=1S/C21H16ClFN4O3S/c22-18-8-7-17(31-18)20(29)26-16-11-12(23)1-6-15(16)19(28)25-13-2-4-14(5-3-13)27-9-10-30-21(27)24/h1-8,11,24H,9-10H2,(H,25,28)(H,26,29). The normalized spacial score (nSPS) is 13.1. The number of ether oxygens (including phenoxy) is 1. The van der Waals surface area contributed by atoms with Gasteiger partial charge in [-0.1, -0.05) is 11.6 Å². The topological polar surface area (TPSA) is 94.5 Å². The van der Waals surface area contributed by atoms with Crippen molar-refractivity contribution in [2.24, 2.45) is 0 Å². The summed E-state index contributed by atoms with van der Waals surface area (Å²) in [4.78, 5) is 27.3. The van der Waals surface area contributed by atoms with Gasteiger partial charge in [-0.25, -0.2) is 4.39 Å². The van der Waals surface area contributed by atoms with Crippen molar-refractivity contribution >= 4 is 57.8 Å². The van der Waals surface area contributed by atoms with Gasteiger partial charge in [0.15, 0.2) is 0 Å². The van der Waals surface area contributed by atoms with E-state index in [1.807, 2.05) is 0 Å². The second-order valence-corrected chi connectivity index (χ2v) is 8.27. The van der Waals surface area contributed by atoms with Crippen molar-refractivity contribution in [3.05, 3.63) is 75.2 Å². The number of amidine groups is 1. The number of rotatable bonds is 5. The van der Waals surface area contributed by atoms with E-state index < -0.39 is 17.6 Å². The summed E-state index contributed by atoms with van der Waals surface area (Å²) in [5.41, 5.74) is 1.43. The van der Waals surface area contributed by atoms with E-state index in [1.165, 1.54) is 6.07 Å². The maximum Gasteiger partial charge on any atom is 0.289 e. The first-order chi connectivity index (χ1) is 14.9. The smallest absolute Gasteiger partial charge is 0.289 e. The number of halogens is 2. The molecule has 158 valence electrons. The lowest BCUT2D eigenvalue weighted by atomic mass is 10.1. The monoisotopic (exact) mass is 458 g/mol. The molecule has 1 aliphatic heterocycles. The first-order valence-electron chi connectivity index (χ1n) is 9.17. The second-order valence-electron chi connectivity index (χ2n) is 6.55. The Morgan fingerprint density at radius 1 is 1.06 bits per heavy atom. The van der Waals surface area contributed by atoms with Gasteiger partial charge in [-0.15, -0.1) is 11.3 Å². The molecule has 0 radical (unpaired) electrons. The minimum absolute atomic E-state index is 0.0475. The van der Waals surface area contributed by atoms with Crippen LogP contribution in [-0.4, -0.2) is 31.0 Å². The van der Waals surface area contributed by atoms with Crippen molar-refractivity contribution < 1.29 is 18.7 Å². The third-order valence-electron chi connectivity index (χ3n) is 4.51. The third kappa shape index (κ3) is 4.68. The summed E-state index contributed by atoms with van der Waals surface area (Å²) in [6, 6.07) is 13.6. The second kappa shape index (κ2) is 8.75. The fourth-order valence-electron chi connectivity index (χ4n) is 3.02. The highest BCUT2D eigenvalue weighted by Gasteiger charge is 2.20. The van der Waals surface area contributed by atoms with Crippen molar-refractivity contribution in [1.82, 2.24) is 0 Å². The van der Waals surface area contributed by atoms with Gasteiger partial charge in [0.2, 0.25) is 0 Å². The fourth-order valence-corrected chi connectivity index (χ4v) is 3.96. The number of carbonyl (C=O) groups excluding carboxylic acids is 2. The Balaban J connectivity index is 1.50. The Kier molecular flexibility index (Phi) is 5.88. The van der Waals surface area contributed by atoms with Crippen molar-refractivity contribution in [2.45, 2.75) is 0 Å². The van der Waals surface area contributed by atoms with Crippen molar-refractivity contribution in [3.63, 3.8) is 0 Å². The Morgan fingerprint density at radius 3 is 2.48 bits per heavy atom. The van der Waals surface area contributed by atoms with E-state index in [0.29, 0.717) is 28.1 Å². The van der Waals surface area contributed by atoms with Gasteiger partial charge in [0, 0.05) is 11.4 Å². The van der Waals surface area contributed by atoms with Gasteiger partial charge in [0.25, 0.3) is 17.8 Å². The number of thiophene rings is 1. The van der Waals surface area contributed by atoms with Crippen LogP contribution >= 0.6 is 22.9 Å². The molecule has 7 nitrogen and oxygen atoms in total. The molecule has 1 fully saturated rings. The molecular weight excluding hydrogens is 443 g/mol. The van der Waals surface area contributed by atoms with Gasteiger partial charge in [-0.2, -0.15) is 0 Å². The highest BCUT2D eigenvalue weighted by Crippen LogP contribution is 2.25. The number of hydrogen-bond acceptors (Lipinski definition) is 5. The number of carbonyl (C=O) groups is 2. The molecule has 31 heavy (non-hydrogen) atoms. The molecule has 3 aromatic rings. The lowest BCUT2D eigenvalue weighted by Gasteiger charge is -2.15. The molecule has 2 heterocycles. The molecule has 1 saturated heterocycles. The van der Waals surface area contributed by atoms with Crippen LogP contribution in [0.25, 0.3) is 0 Å². The minimum Gasteiger partial charge on any atom is -0.463 e. The Labute approximate surface area is 185 Å². The van der Waals surface area contributed by atoms with Crippen LogP contribution in [-0.2, 0) is 4.74 Å². The van der Waals surface area contributed by atoms with Crippen LogP contribution in [0.5, 0.6) is 0 Å². The molecule has 2 aromatic carbocycles. The largest absolute Gasteiger partial charge is 0.463 e. The molecule has 0 saturated carbocycles. The van der Waals surface area contributed by atoms with Crippen LogP contribution in [0.4, 0.5) is 21.5 Å². The zero-order chi connectivity index (χ0) is 22.0. The fraction of sp³-hybridized carbons (Fsp3) is 0.0952. The summed E-state index contributed by atoms with van der Waals surface area (Å²) < 4.78 is 19.4. The van der Waals surface area contributed by atoms with E-state index in [0.717, 1.165) is 29.2 Å². The van der Waals surface area contributed by atoms with E-state index in [9.17, 15) is 14.0 Å². The molecule has 0 unspecified atom stereocenters. The molecule has 10 heteroatoms. The van der Waals surface area contributed by atoms with Gasteiger partial charge >= 0.3 is 0 Å². The summed E-state index contributed by atoms with van der Waals surface area (Å²) >= 11 is 6.94. The third-order valence-corrected chi connectivity index (χ3v) is 5.74. The molecule has 1 aliphatic rings. The molecular formula is C21H16ClFN4O3S. The van der Waals surface area contributed by atoms with Gasteiger partial charge in [-0.3, -0.25) is 19.9 Å². The average Bonchev–Trinajstić information content (AvgIpc) is 3.37. The van der Waals surface area contributed by atoms with Crippen molar-refractivity contribution in [2.75, 3.05) is 28.7 Å². The van der Waals surface area contributed by atoms with E-state index in [-0.39, 0.29) is 17.3 Å². The van der Waals surface area contributed by atoms with Crippen LogP contribution < -0.4 is 15.5 Å². The minimum atomic E-state index is -0.587. The summed E-state index contributed by atoms with van der Waals surface area (Å²) in [5.74, 6) is -1.59. The van der Waals surface area contributed by atoms with Gasteiger partial charge < -0.3 is 15.4 Å². The summed E-state index contributed by atoms with van der Waals surface area (Å²) in [6.45, 7) is 1.03. The predicted molar refractivity (Wildman–Crippen MR) is 119 cm³/mol. The molecule has 3 N–H and O–H groups in total. The van der Waals surface area contributed by atoms with E-state index in [1.54, 1.807) is 41.3 Å². The van der Waals surface area contributed by atoms with E-state index in [2.05, 4.69) is 10.6 Å². The van der Waals surface area contributed by atoms with Crippen molar-refractivity contribution in [1.29, 1.82) is 5.41 Å². The van der Waals surface area contributed by atoms with Crippen LogP contribution in [0.15, 0.2) is 54.6 Å². The number of anilines is 3. The van der Waals surface area contributed by atoms with E-state index >= 15 is 0 Å². The number of nitrogens with one attached hydrogen (secondary N) is 3. The SMILES string of the molecule is N=C1OCCN1c1ccc(NC(=O)c2ccc(F)cc2NC(=O)c2ccc(Cl)s2)cc1. The lowest BCUT2D eigenvalue weighted by Crippen LogP contribution is -2.23. The highest BCUT2D eigenvalue weighted by atomic mass is 35.5. The molecule has 0 atom stereocenters. The van der Waals surface area contributed by atoms with Gasteiger partial charge in [-0.05, 0) is 54.6 Å². The van der Waals surface area contributed by atoms with Crippen LogP contribution in [0, 0.1) is 11.2 Å². The molecule has 0 aliphatic carbocycles. The summed E-state index contributed by atoms with van der Waals surface area (Å²) in [5, 5.41) is 13.0. The Bertz CT molecular complexity index is 1170. The highest BCUT2D eigenvalue weighted by molar-refractivity contribution is 7.18. The quantitative estimate of drug-likeness (QED) is 0.511.